The van der Waals surface area contributed by atoms with Gasteiger partial charge in [0, 0.05) is 48.4 Å². The standard InChI is InChI=1S/C31H46N2O7/c1-16-9-12-31(38-15-16)17(2)25-24(40-31)14-23-22-8-7-20-13-21(39-19(4)35)10-11-29(20,5)26(22)27(33(36)37)28(30(23,25)6)32-18(3)34/h16-17,20-27H,7-15H2,1-6H3/t16-,17+,20?,21+,22+,23+,24+,25+,26-,27+,29+,30+,31-/m1/s1. The fraction of sp³-hybridized carbons (Fsp3) is 0.903. The Balaban J connectivity index is 1.41. The third-order valence-electron chi connectivity index (χ3n) is 12.6. The van der Waals surface area contributed by atoms with E-state index in [1.54, 1.807) is 0 Å². The molecule has 0 aromatic rings. The van der Waals surface area contributed by atoms with Crippen molar-refractivity contribution in [3.05, 3.63) is 10.1 Å². The number of amides is 1. The second-order valence-electron chi connectivity index (χ2n) is 14.6. The summed E-state index contributed by atoms with van der Waals surface area (Å²) in [5, 5.41) is 13.2. The molecule has 1 amide bonds. The number of aliphatic imine (C=N–C) groups is 1. The molecule has 1 spiro atoms. The zero-order valence-electron chi connectivity index (χ0n) is 24.9. The van der Waals surface area contributed by atoms with Crippen molar-refractivity contribution in [1.29, 1.82) is 0 Å². The van der Waals surface area contributed by atoms with Crippen LogP contribution in [0.4, 0.5) is 0 Å². The van der Waals surface area contributed by atoms with Crippen LogP contribution in [0.1, 0.15) is 92.9 Å². The molecule has 2 aliphatic heterocycles. The number of nitrogens with zero attached hydrogens (tertiary/aromatic N) is 2. The number of rotatable bonds is 2. The summed E-state index contributed by atoms with van der Waals surface area (Å²) >= 11 is 0. The van der Waals surface area contributed by atoms with Crippen LogP contribution in [-0.2, 0) is 23.8 Å². The summed E-state index contributed by atoms with van der Waals surface area (Å²) in [7, 11) is 0. The van der Waals surface area contributed by atoms with Crippen molar-refractivity contribution >= 4 is 17.6 Å². The minimum absolute atomic E-state index is 0.0117. The summed E-state index contributed by atoms with van der Waals surface area (Å²) in [6, 6.07) is -1.01. The number of carbonyl (C=O) groups is 2. The second-order valence-corrected chi connectivity index (χ2v) is 14.6. The Hall–Kier alpha value is -1.87. The quantitative estimate of drug-likeness (QED) is 0.259. The first-order valence-corrected chi connectivity index (χ1v) is 15.5. The Labute approximate surface area is 237 Å². The molecule has 40 heavy (non-hydrogen) atoms. The number of fused-ring (bicyclic) bond motifs is 7. The van der Waals surface area contributed by atoms with Crippen LogP contribution in [0, 0.1) is 62.4 Å². The largest absolute Gasteiger partial charge is 0.463 e. The van der Waals surface area contributed by atoms with Gasteiger partial charge in [0.25, 0.3) is 6.04 Å². The minimum Gasteiger partial charge on any atom is -0.463 e. The van der Waals surface area contributed by atoms with Gasteiger partial charge in [-0.05, 0) is 74.0 Å². The zero-order valence-corrected chi connectivity index (χ0v) is 24.9. The van der Waals surface area contributed by atoms with Crippen molar-refractivity contribution in [2.75, 3.05) is 6.61 Å². The highest BCUT2D eigenvalue weighted by molar-refractivity contribution is 6.02. The van der Waals surface area contributed by atoms with Crippen molar-refractivity contribution in [3.63, 3.8) is 0 Å². The molecule has 1 unspecified atom stereocenters. The van der Waals surface area contributed by atoms with E-state index >= 15 is 0 Å². The average Bonchev–Trinajstić information content (AvgIpc) is 3.31. The maximum absolute atomic E-state index is 13.2. The van der Waals surface area contributed by atoms with E-state index in [4.69, 9.17) is 14.2 Å². The highest BCUT2D eigenvalue weighted by Crippen LogP contribution is 2.71. The summed E-state index contributed by atoms with van der Waals surface area (Å²) in [5.41, 5.74) is -0.420. The van der Waals surface area contributed by atoms with Gasteiger partial charge in [-0.1, -0.05) is 27.7 Å². The zero-order chi connectivity index (χ0) is 28.8. The molecule has 0 radical (unpaired) electrons. The molecule has 0 aromatic heterocycles. The molecule has 4 aliphatic carbocycles. The number of hydrogen-bond acceptors (Lipinski definition) is 7. The third-order valence-corrected chi connectivity index (χ3v) is 12.6. The number of nitro groups is 1. The Morgan fingerprint density at radius 2 is 1.80 bits per heavy atom. The molecular weight excluding hydrogens is 512 g/mol. The average molecular weight is 559 g/mol. The van der Waals surface area contributed by atoms with E-state index in [-0.39, 0.29) is 69.9 Å². The first kappa shape index (κ1) is 28.3. The normalized spacial score (nSPS) is 52.4. The van der Waals surface area contributed by atoms with E-state index in [1.165, 1.54) is 13.8 Å². The summed E-state index contributed by atoms with van der Waals surface area (Å²) in [5.74, 6) is -0.419. The molecule has 9 heteroatoms. The lowest BCUT2D eigenvalue weighted by molar-refractivity contribution is -0.525. The van der Waals surface area contributed by atoms with E-state index in [0.717, 1.165) is 44.9 Å². The van der Waals surface area contributed by atoms with Crippen molar-refractivity contribution in [2.45, 2.75) is 117 Å². The summed E-state index contributed by atoms with van der Waals surface area (Å²) in [6.07, 6.45) is 6.61. The van der Waals surface area contributed by atoms with Gasteiger partial charge in [-0.25, -0.2) is 4.99 Å². The molecule has 2 heterocycles. The highest BCUT2D eigenvalue weighted by Gasteiger charge is 2.75. The monoisotopic (exact) mass is 558 g/mol. The van der Waals surface area contributed by atoms with Crippen molar-refractivity contribution in [1.82, 2.24) is 0 Å². The van der Waals surface area contributed by atoms with Gasteiger partial charge in [0.1, 0.15) is 11.8 Å². The Kier molecular flexibility index (Phi) is 6.77. The molecule has 0 N–H and O–H groups in total. The molecule has 0 aromatic carbocycles. The molecule has 222 valence electrons. The number of esters is 1. The fourth-order valence-electron chi connectivity index (χ4n) is 11.0. The lowest BCUT2D eigenvalue weighted by Crippen LogP contribution is -2.66. The van der Waals surface area contributed by atoms with Crippen LogP contribution in [0.2, 0.25) is 0 Å². The maximum Gasteiger partial charge on any atom is 0.302 e. The third kappa shape index (κ3) is 3.96. The molecule has 9 nitrogen and oxygen atoms in total. The van der Waals surface area contributed by atoms with Gasteiger partial charge in [-0.2, -0.15) is 0 Å². The Morgan fingerprint density at radius 3 is 2.42 bits per heavy atom. The predicted octanol–water partition coefficient (Wildman–Crippen LogP) is 5.22. The van der Waals surface area contributed by atoms with Crippen molar-refractivity contribution in [2.24, 2.45) is 57.2 Å². The Bertz CT molecular complexity index is 1110. The van der Waals surface area contributed by atoms with Crippen LogP contribution in [-0.4, -0.2) is 53.2 Å². The lowest BCUT2D eigenvalue weighted by Gasteiger charge is -2.61. The fourth-order valence-corrected chi connectivity index (χ4v) is 11.0. The van der Waals surface area contributed by atoms with Gasteiger partial charge in [0.15, 0.2) is 5.79 Å². The molecule has 4 saturated carbocycles. The van der Waals surface area contributed by atoms with Gasteiger partial charge < -0.3 is 14.2 Å². The molecule has 6 rings (SSSR count). The van der Waals surface area contributed by atoms with Gasteiger partial charge in [-0.15, -0.1) is 0 Å². The van der Waals surface area contributed by atoms with Gasteiger partial charge in [0.2, 0.25) is 5.91 Å². The number of hydrogen-bond donors (Lipinski definition) is 0. The van der Waals surface area contributed by atoms with Gasteiger partial charge >= 0.3 is 5.97 Å². The predicted molar refractivity (Wildman–Crippen MR) is 147 cm³/mol. The lowest BCUT2D eigenvalue weighted by atomic mass is 9.42. The molecule has 2 saturated heterocycles. The van der Waals surface area contributed by atoms with Crippen LogP contribution in [0.15, 0.2) is 4.99 Å². The molecular formula is C31H46N2O7. The van der Waals surface area contributed by atoms with Crippen LogP contribution in [0.25, 0.3) is 0 Å². The first-order valence-electron chi connectivity index (χ1n) is 15.5. The minimum atomic E-state index is -1.01. The molecule has 13 atom stereocenters. The van der Waals surface area contributed by atoms with Gasteiger partial charge in [0.05, 0.1) is 12.7 Å². The SMILES string of the molecule is CC(=O)N=C1[C@@H]([N+](=O)[O-])[C@H]2[C@@H](CCC3C[C@@H](OC(C)=O)CC[C@@]32C)[C@@H]2C[C@@H]3O[C@]4(CC[C@@H](C)CO4)[C@@H](C)[C@@H]3[C@@]12C. The van der Waals surface area contributed by atoms with E-state index < -0.39 is 17.2 Å². The topological polar surface area (TPSA) is 117 Å². The van der Waals surface area contributed by atoms with Crippen molar-refractivity contribution in [3.8, 4) is 0 Å². The van der Waals surface area contributed by atoms with E-state index in [1.807, 2.05) is 0 Å². The summed E-state index contributed by atoms with van der Waals surface area (Å²) < 4.78 is 18.9. The molecule has 6 fully saturated rings. The number of ether oxygens (including phenoxy) is 3. The summed E-state index contributed by atoms with van der Waals surface area (Å²) in [4.78, 5) is 42.0. The molecule has 0 bridgehead atoms. The van der Waals surface area contributed by atoms with Crippen LogP contribution < -0.4 is 0 Å². The van der Waals surface area contributed by atoms with E-state index in [9.17, 15) is 19.7 Å². The summed E-state index contributed by atoms with van der Waals surface area (Å²) in [6.45, 7) is 12.3. The van der Waals surface area contributed by atoms with Crippen LogP contribution >= 0.6 is 0 Å². The Morgan fingerprint density at radius 1 is 1.05 bits per heavy atom. The number of carbonyl (C=O) groups excluding carboxylic acids is 2. The van der Waals surface area contributed by atoms with E-state index in [0.29, 0.717) is 24.7 Å². The van der Waals surface area contributed by atoms with E-state index in [2.05, 4.69) is 32.7 Å². The van der Waals surface area contributed by atoms with Crippen molar-refractivity contribution < 1.29 is 28.7 Å². The van der Waals surface area contributed by atoms with Gasteiger partial charge in [-0.3, -0.25) is 19.7 Å². The maximum atomic E-state index is 13.2. The second kappa shape index (κ2) is 9.58. The van der Waals surface area contributed by atoms with Crippen LogP contribution in [0.3, 0.4) is 0 Å². The first-order chi connectivity index (χ1) is 18.8. The van der Waals surface area contributed by atoms with Crippen LogP contribution in [0.5, 0.6) is 0 Å². The highest BCUT2D eigenvalue weighted by atomic mass is 16.7. The smallest absolute Gasteiger partial charge is 0.302 e. The molecule has 6 aliphatic rings.